The quantitative estimate of drug-likeness (QED) is 0.344. The zero-order chi connectivity index (χ0) is 25.6. The predicted octanol–water partition coefficient (Wildman–Crippen LogP) is 4.19. The molecule has 1 rings (SSSR count). The second-order valence-corrected chi connectivity index (χ2v) is 10.5. The fraction of sp³-hybridized carbons (Fsp3) is 0.556. The molecule has 0 saturated heterocycles. The third-order valence-corrected chi connectivity index (χ3v) is 6.01. The molecular weight excluding hydrogens is 414 g/mol. The molecule has 0 aliphatic heterocycles. The molecule has 1 N–H and O–H groups in total. The van der Waals surface area contributed by atoms with Gasteiger partial charge in [0.25, 0.3) is 5.91 Å². The minimum Gasteiger partial charge on any atom is -0.339 e. The first-order valence-electron chi connectivity index (χ1n) is 11.4. The lowest BCUT2D eigenvalue weighted by Gasteiger charge is -2.38. The summed E-state index contributed by atoms with van der Waals surface area (Å²) in [5.74, 6) is -0.485. The van der Waals surface area contributed by atoms with E-state index >= 15 is 0 Å². The van der Waals surface area contributed by atoms with E-state index in [1.165, 1.54) is 0 Å². The number of aldehydes is 1. The molecule has 182 valence electrons. The Hall–Kier alpha value is -2.76. The maximum atomic E-state index is 13.6. The molecule has 2 amide bonds. The molecule has 33 heavy (non-hydrogen) atoms. The normalized spacial score (nSPS) is 15.1. The first-order chi connectivity index (χ1) is 15.2. The van der Waals surface area contributed by atoms with Gasteiger partial charge in [0.15, 0.2) is 0 Å². The van der Waals surface area contributed by atoms with Crippen LogP contribution >= 0.6 is 0 Å². The lowest BCUT2D eigenvalue weighted by atomic mass is 9.78. The number of likely N-dealkylation sites (N-methyl/N-ethyl adjacent to an activating group) is 1. The van der Waals surface area contributed by atoms with Crippen molar-refractivity contribution in [2.75, 3.05) is 14.1 Å². The highest BCUT2D eigenvalue weighted by Crippen LogP contribution is 2.27. The van der Waals surface area contributed by atoms with Crippen LogP contribution in [0.1, 0.15) is 61.0 Å². The summed E-state index contributed by atoms with van der Waals surface area (Å²) in [5, 5.41) is 2.97. The Bertz CT molecular complexity index is 893. The van der Waals surface area contributed by atoms with E-state index in [4.69, 9.17) is 0 Å². The number of carbonyl (C=O) groups is 3. The standard InChI is InChI=1S/C27H41N3O3/c1-18(2)21(16-19(3)17-31)30(10)25(33)23(26(4,5)6)29-24(32)22(28-9)27(7,8)20-14-12-11-13-15-20/h11-18,21,23H,1-10H3,(H,29,32)/b19-16+,28-22?/t21-,23-/m1/s1. The largest absolute Gasteiger partial charge is 0.339 e. The number of rotatable bonds is 9. The first-order valence-corrected chi connectivity index (χ1v) is 11.4. The van der Waals surface area contributed by atoms with Crippen LogP contribution in [0.4, 0.5) is 0 Å². The lowest BCUT2D eigenvalue weighted by Crippen LogP contribution is -2.58. The number of amides is 2. The van der Waals surface area contributed by atoms with Crippen molar-refractivity contribution in [3.05, 3.63) is 47.5 Å². The molecule has 0 aliphatic carbocycles. The second-order valence-electron chi connectivity index (χ2n) is 10.5. The Balaban J connectivity index is 3.30. The van der Waals surface area contributed by atoms with E-state index in [1.54, 1.807) is 32.0 Å². The predicted molar refractivity (Wildman–Crippen MR) is 135 cm³/mol. The van der Waals surface area contributed by atoms with Crippen LogP contribution < -0.4 is 5.32 Å². The highest BCUT2D eigenvalue weighted by Gasteiger charge is 2.40. The molecule has 6 heteroatoms. The van der Waals surface area contributed by atoms with Gasteiger partial charge >= 0.3 is 0 Å². The number of allylic oxidation sites excluding steroid dienone is 1. The highest BCUT2D eigenvalue weighted by molar-refractivity contribution is 6.42. The van der Waals surface area contributed by atoms with Crippen LogP contribution in [0.15, 0.2) is 47.0 Å². The Kier molecular flexibility index (Phi) is 9.76. The molecule has 2 atom stereocenters. The number of benzene rings is 1. The van der Waals surface area contributed by atoms with Gasteiger partial charge in [-0.05, 0) is 43.2 Å². The minimum absolute atomic E-state index is 0.0925. The molecule has 0 bridgehead atoms. The van der Waals surface area contributed by atoms with Gasteiger partial charge in [0.2, 0.25) is 5.91 Å². The average molecular weight is 456 g/mol. The molecule has 0 radical (unpaired) electrons. The van der Waals surface area contributed by atoms with Crippen molar-refractivity contribution in [3.63, 3.8) is 0 Å². The zero-order valence-electron chi connectivity index (χ0n) is 21.9. The third-order valence-electron chi connectivity index (χ3n) is 6.01. The number of nitrogens with zero attached hydrogens (tertiary/aromatic N) is 2. The first kappa shape index (κ1) is 28.3. The maximum Gasteiger partial charge on any atom is 0.266 e. The smallest absolute Gasteiger partial charge is 0.266 e. The van der Waals surface area contributed by atoms with Crippen molar-refractivity contribution in [3.8, 4) is 0 Å². The molecule has 0 spiro atoms. The SMILES string of the molecule is CN=C(C(=O)N[C@H](C(=O)N(C)[C@H](/C=C(\C)C=O)C(C)C)C(C)(C)C)C(C)(C)c1ccccc1. The Morgan fingerprint density at radius 3 is 2.03 bits per heavy atom. The molecule has 0 unspecified atom stereocenters. The van der Waals surface area contributed by atoms with E-state index < -0.39 is 16.9 Å². The van der Waals surface area contributed by atoms with Crippen molar-refractivity contribution in [2.45, 2.75) is 72.9 Å². The average Bonchev–Trinajstić information content (AvgIpc) is 2.74. The monoisotopic (exact) mass is 455 g/mol. The number of hydrogen-bond acceptors (Lipinski definition) is 4. The van der Waals surface area contributed by atoms with Gasteiger partial charge in [-0.1, -0.05) is 71.0 Å². The number of carbonyl (C=O) groups excluding carboxylic acids is 3. The van der Waals surface area contributed by atoms with Crippen LogP contribution in [0.3, 0.4) is 0 Å². The summed E-state index contributed by atoms with van der Waals surface area (Å²) >= 11 is 0. The Morgan fingerprint density at radius 1 is 1.06 bits per heavy atom. The van der Waals surface area contributed by atoms with Crippen molar-refractivity contribution < 1.29 is 14.4 Å². The molecule has 0 aliphatic rings. The molecule has 1 aromatic rings. The van der Waals surface area contributed by atoms with E-state index in [9.17, 15) is 14.4 Å². The minimum atomic E-state index is -0.774. The van der Waals surface area contributed by atoms with Gasteiger partial charge in [0, 0.05) is 19.5 Å². The maximum absolute atomic E-state index is 13.6. The van der Waals surface area contributed by atoms with Gasteiger partial charge in [0.05, 0.1) is 6.04 Å². The summed E-state index contributed by atoms with van der Waals surface area (Å²) in [6.07, 6.45) is 2.58. The van der Waals surface area contributed by atoms with E-state index in [0.29, 0.717) is 11.3 Å². The van der Waals surface area contributed by atoms with Crippen molar-refractivity contribution in [2.24, 2.45) is 16.3 Å². The van der Waals surface area contributed by atoms with E-state index in [1.807, 2.05) is 78.8 Å². The van der Waals surface area contributed by atoms with Gasteiger partial charge in [0.1, 0.15) is 18.0 Å². The topological polar surface area (TPSA) is 78.8 Å². The van der Waals surface area contributed by atoms with Crippen molar-refractivity contribution in [1.82, 2.24) is 10.2 Å². The van der Waals surface area contributed by atoms with E-state index in [-0.39, 0.29) is 23.8 Å². The van der Waals surface area contributed by atoms with E-state index in [2.05, 4.69) is 10.3 Å². The summed E-state index contributed by atoms with van der Waals surface area (Å²) in [6, 6.07) is 8.67. The molecule has 0 fully saturated rings. The summed E-state index contributed by atoms with van der Waals surface area (Å²) in [6.45, 7) is 15.4. The summed E-state index contributed by atoms with van der Waals surface area (Å²) in [5.41, 5.74) is 0.708. The van der Waals surface area contributed by atoms with Gasteiger partial charge < -0.3 is 10.2 Å². The molecule has 0 heterocycles. The summed E-state index contributed by atoms with van der Waals surface area (Å²) < 4.78 is 0. The third kappa shape index (κ3) is 7.11. The molecule has 1 aromatic carbocycles. The Morgan fingerprint density at radius 2 is 1.61 bits per heavy atom. The summed E-state index contributed by atoms with van der Waals surface area (Å²) in [7, 11) is 3.32. The van der Waals surface area contributed by atoms with Crippen LogP contribution in [0.5, 0.6) is 0 Å². The van der Waals surface area contributed by atoms with Crippen LogP contribution in [-0.2, 0) is 19.8 Å². The van der Waals surface area contributed by atoms with Crippen LogP contribution in [0.2, 0.25) is 0 Å². The van der Waals surface area contributed by atoms with Gasteiger partial charge in [-0.2, -0.15) is 0 Å². The zero-order valence-corrected chi connectivity index (χ0v) is 21.9. The van der Waals surface area contributed by atoms with E-state index in [0.717, 1.165) is 11.8 Å². The molecule has 6 nitrogen and oxygen atoms in total. The number of aliphatic imine (C=N–C) groups is 1. The number of hydrogen-bond donors (Lipinski definition) is 1. The van der Waals surface area contributed by atoms with Gasteiger partial charge in [-0.25, -0.2) is 0 Å². The van der Waals surface area contributed by atoms with Gasteiger partial charge in [-0.15, -0.1) is 0 Å². The number of nitrogens with one attached hydrogen (secondary N) is 1. The fourth-order valence-electron chi connectivity index (χ4n) is 3.92. The Labute approximate surface area is 199 Å². The fourth-order valence-corrected chi connectivity index (χ4v) is 3.92. The van der Waals surface area contributed by atoms with Crippen LogP contribution in [0, 0.1) is 11.3 Å². The lowest BCUT2D eigenvalue weighted by molar-refractivity contribution is -0.139. The second kappa shape index (κ2) is 11.4. The van der Waals surface area contributed by atoms with Gasteiger partial charge in [-0.3, -0.25) is 19.4 Å². The molecular formula is C27H41N3O3. The molecule has 0 aromatic heterocycles. The van der Waals surface area contributed by atoms with Crippen LogP contribution in [-0.4, -0.2) is 54.9 Å². The summed E-state index contributed by atoms with van der Waals surface area (Å²) in [4.78, 5) is 44.2. The molecule has 0 saturated carbocycles. The van der Waals surface area contributed by atoms with Crippen molar-refractivity contribution >= 4 is 23.8 Å². The van der Waals surface area contributed by atoms with Crippen molar-refractivity contribution in [1.29, 1.82) is 0 Å². The van der Waals surface area contributed by atoms with Crippen LogP contribution in [0.25, 0.3) is 0 Å². The highest BCUT2D eigenvalue weighted by atomic mass is 16.2.